The third-order valence-electron chi connectivity index (χ3n) is 5.83. The highest BCUT2D eigenvalue weighted by atomic mass is 35.5. The topological polar surface area (TPSA) is 109 Å². The van der Waals surface area contributed by atoms with Gasteiger partial charge in [0, 0.05) is 29.7 Å². The van der Waals surface area contributed by atoms with Gasteiger partial charge in [-0.05, 0) is 42.7 Å². The van der Waals surface area contributed by atoms with Crippen LogP contribution >= 0.6 is 11.6 Å². The zero-order valence-electron chi connectivity index (χ0n) is 17.7. The van der Waals surface area contributed by atoms with Crippen molar-refractivity contribution >= 4 is 34.5 Å². The maximum Gasteiger partial charge on any atom is 0.321 e. The number of amides is 2. The number of benzene rings is 2. The van der Waals surface area contributed by atoms with Crippen molar-refractivity contribution in [1.82, 2.24) is 29.9 Å². The molecule has 0 unspecified atom stereocenters. The highest BCUT2D eigenvalue weighted by molar-refractivity contribution is 6.30. The molecule has 0 saturated carbocycles. The normalized spacial score (nSPS) is 14.5. The zero-order valence-corrected chi connectivity index (χ0v) is 18.5. The second-order valence-electron chi connectivity index (χ2n) is 8.05. The van der Waals surface area contributed by atoms with Crippen LogP contribution in [0.2, 0.25) is 5.02 Å². The van der Waals surface area contributed by atoms with Crippen molar-refractivity contribution in [1.29, 1.82) is 0 Å². The molecule has 1 fully saturated rings. The summed E-state index contributed by atoms with van der Waals surface area (Å²) < 4.78 is 1.65. The molecule has 9 nitrogen and oxygen atoms in total. The summed E-state index contributed by atoms with van der Waals surface area (Å²) in [5.41, 5.74) is 2.15. The smallest absolute Gasteiger partial charge is 0.321 e. The second-order valence-corrected chi connectivity index (χ2v) is 8.49. The maximum absolute atomic E-state index is 12.6. The largest absolute Gasteiger partial charge is 0.324 e. The van der Waals surface area contributed by atoms with E-state index in [4.69, 9.17) is 16.6 Å². The summed E-state index contributed by atoms with van der Waals surface area (Å²) in [4.78, 5) is 34.6. The molecule has 0 radical (unpaired) electrons. The molecule has 0 aliphatic carbocycles. The van der Waals surface area contributed by atoms with Crippen molar-refractivity contribution in [2.24, 2.45) is 0 Å². The summed E-state index contributed by atoms with van der Waals surface area (Å²) in [5.74, 6) is 0.656. The maximum atomic E-state index is 12.6. The number of likely N-dealkylation sites (tertiary alicyclic amines) is 1. The van der Waals surface area contributed by atoms with Crippen molar-refractivity contribution < 1.29 is 4.79 Å². The van der Waals surface area contributed by atoms with Crippen molar-refractivity contribution in [2.45, 2.75) is 25.3 Å². The Hall–Kier alpha value is -3.72. The lowest BCUT2D eigenvalue weighted by molar-refractivity contribution is 0.193. The quantitative estimate of drug-likeness (QED) is 0.480. The average molecular weight is 464 g/mol. The van der Waals surface area contributed by atoms with E-state index >= 15 is 0 Å². The third kappa shape index (κ3) is 4.58. The van der Waals surface area contributed by atoms with Gasteiger partial charge in [0.25, 0.3) is 5.56 Å². The molecule has 0 atom stereocenters. The molecule has 2 aromatic carbocycles. The zero-order chi connectivity index (χ0) is 22.8. The fraction of sp³-hybridized carbons (Fsp3) is 0.261. The summed E-state index contributed by atoms with van der Waals surface area (Å²) in [6.07, 6.45) is 1.39. The number of hydrogen-bond donors (Lipinski definition) is 2. The molecule has 1 saturated heterocycles. The number of rotatable bonds is 4. The lowest BCUT2D eigenvalue weighted by Crippen LogP contribution is -2.41. The number of piperidine rings is 1. The molecule has 5 rings (SSSR count). The minimum Gasteiger partial charge on any atom is -0.324 e. The average Bonchev–Trinajstić information content (AvgIpc) is 3.24. The lowest BCUT2D eigenvalue weighted by atomic mass is 9.96. The van der Waals surface area contributed by atoms with Gasteiger partial charge in [-0.3, -0.25) is 4.79 Å². The van der Waals surface area contributed by atoms with Gasteiger partial charge in [-0.25, -0.2) is 14.5 Å². The van der Waals surface area contributed by atoms with Crippen LogP contribution in [-0.2, 0) is 6.54 Å². The first-order valence-corrected chi connectivity index (χ1v) is 11.1. The van der Waals surface area contributed by atoms with Crippen molar-refractivity contribution in [3.8, 4) is 0 Å². The van der Waals surface area contributed by atoms with Crippen LogP contribution in [0.4, 0.5) is 10.5 Å². The molecule has 4 aromatic rings. The van der Waals surface area contributed by atoms with E-state index in [0.29, 0.717) is 54.7 Å². The molecule has 168 valence electrons. The van der Waals surface area contributed by atoms with Crippen LogP contribution < -0.4 is 10.9 Å². The van der Waals surface area contributed by atoms with Crippen LogP contribution in [0.3, 0.4) is 0 Å². The van der Waals surface area contributed by atoms with E-state index in [9.17, 15) is 9.59 Å². The third-order valence-corrected chi connectivity index (χ3v) is 6.08. The Morgan fingerprint density at radius 1 is 1.09 bits per heavy atom. The summed E-state index contributed by atoms with van der Waals surface area (Å²) in [6.45, 7) is 1.61. The number of nitrogens with zero attached hydrogens (tertiary/aromatic N) is 5. The first-order chi connectivity index (χ1) is 16.1. The Bertz CT molecular complexity index is 1330. The number of aromatic amines is 1. The van der Waals surface area contributed by atoms with Crippen molar-refractivity contribution in [2.75, 3.05) is 18.4 Å². The summed E-state index contributed by atoms with van der Waals surface area (Å²) >= 11 is 5.90. The van der Waals surface area contributed by atoms with Gasteiger partial charge >= 0.3 is 6.03 Å². The number of halogens is 1. The fourth-order valence-electron chi connectivity index (χ4n) is 4.03. The van der Waals surface area contributed by atoms with Crippen LogP contribution in [0.1, 0.15) is 30.1 Å². The van der Waals surface area contributed by atoms with Crippen LogP contribution in [-0.4, -0.2) is 49.0 Å². The lowest BCUT2D eigenvalue weighted by Gasteiger charge is -2.31. The Morgan fingerprint density at radius 3 is 2.55 bits per heavy atom. The van der Waals surface area contributed by atoms with Gasteiger partial charge in [-0.15, -0.1) is 5.10 Å². The Kier molecular flexibility index (Phi) is 5.78. The molecule has 10 heteroatoms. The number of anilines is 1. The SMILES string of the molecule is O=C(Nc1ccc(Cl)cc1)N1CCC(c2nc3c(nnn3Cc3ccccc3)c(=O)[nH]2)CC1. The summed E-state index contributed by atoms with van der Waals surface area (Å²) in [7, 11) is 0. The predicted octanol–water partition coefficient (Wildman–Crippen LogP) is 3.63. The molecule has 2 N–H and O–H groups in total. The Balaban J connectivity index is 1.29. The standard InChI is InChI=1S/C23H22ClN7O2/c24-17-6-8-18(9-7-17)25-23(33)30-12-10-16(11-13-30)20-26-21-19(22(32)27-20)28-29-31(21)14-15-4-2-1-3-5-15/h1-9,16H,10-14H2,(H,25,33)(H,26,27,32). The summed E-state index contributed by atoms with van der Waals surface area (Å²) in [5, 5.41) is 11.7. The van der Waals surface area contributed by atoms with Crippen LogP contribution in [0, 0.1) is 0 Å². The highest BCUT2D eigenvalue weighted by Crippen LogP contribution is 2.26. The first-order valence-electron chi connectivity index (χ1n) is 10.8. The van der Waals surface area contributed by atoms with E-state index in [1.807, 2.05) is 30.3 Å². The van der Waals surface area contributed by atoms with Crippen molar-refractivity contribution in [3.63, 3.8) is 0 Å². The predicted molar refractivity (Wildman–Crippen MR) is 126 cm³/mol. The molecule has 0 spiro atoms. The monoisotopic (exact) mass is 463 g/mol. The van der Waals surface area contributed by atoms with Crippen LogP contribution in [0.15, 0.2) is 59.4 Å². The van der Waals surface area contributed by atoms with Gasteiger partial charge in [0.2, 0.25) is 0 Å². The molecule has 0 bridgehead atoms. The molecule has 3 heterocycles. The number of H-pyrrole nitrogens is 1. The van der Waals surface area contributed by atoms with Crippen molar-refractivity contribution in [3.05, 3.63) is 81.4 Å². The van der Waals surface area contributed by atoms with E-state index in [-0.39, 0.29) is 23.0 Å². The van der Waals surface area contributed by atoms with E-state index in [2.05, 4.69) is 20.6 Å². The van der Waals surface area contributed by atoms with Gasteiger partial charge in [0.05, 0.1) is 6.54 Å². The number of fused-ring (bicyclic) bond motifs is 1. The first kappa shape index (κ1) is 21.1. The number of hydrogen-bond acceptors (Lipinski definition) is 5. The number of carbonyl (C=O) groups excluding carboxylic acids is 1. The molecular weight excluding hydrogens is 442 g/mol. The number of nitrogens with one attached hydrogen (secondary N) is 2. The van der Waals surface area contributed by atoms with Crippen LogP contribution in [0.25, 0.3) is 11.2 Å². The molecule has 33 heavy (non-hydrogen) atoms. The Morgan fingerprint density at radius 2 is 1.82 bits per heavy atom. The molecule has 1 aliphatic heterocycles. The number of carbonyl (C=O) groups is 1. The number of urea groups is 1. The minimum atomic E-state index is -0.294. The second kappa shape index (κ2) is 9.03. The van der Waals surface area contributed by atoms with Crippen LogP contribution in [0.5, 0.6) is 0 Å². The van der Waals surface area contributed by atoms with Gasteiger partial charge < -0.3 is 15.2 Å². The van der Waals surface area contributed by atoms with E-state index in [0.717, 1.165) is 5.56 Å². The Labute approximate surface area is 194 Å². The van der Waals surface area contributed by atoms with E-state index in [1.165, 1.54) is 0 Å². The molecular formula is C23H22ClN7O2. The number of aromatic nitrogens is 5. The van der Waals surface area contributed by atoms with Gasteiger partial charge in [-0.1, -0.05) is 47.1 Å². The minimum absolute atomic E-state index is 0.0433. The van der Waals surface area contributed by atoms with Gasteiger partial charge in [0.15, 0.2) is 11.2 Å². The summed E-state index contributed by atoms with van der Waals surface area (Å²) in [6, 6.07) is 16.7. The van der Waals surface area contributed by atoms with Gasteiger partial charge in [0.1, 0.15) is 5.82 Å². The molecule has 2 amide bonds. The highest BCUT2D eigenvalue weighted by Gasteiger charge is 2.26. The van der Waals surface area contributed by atoms with E-state index < -0.39 is 0 Å². The van der Waals surface area contributed by atoms with Gasteiger partial charge in [-0.2, -0.15) is 0 Å². The molecule has 1 aliphatic rings. The fourth-order valence-corrected chi connectivity index (χ4v) is 4.16. The van der Waals surface area contributed by atoms with E-state index in [1.54, 1.807) is 33.8 Å². The molecule has 2 aromatic heterocycles.